The molecule has 7 heteroatoms. The number of benzene rings is 1. The van der Waals surface area contributed by atoms with Gasteiger partial charge in [0.1, 0.15) is 9.46 Å². The Balaban J connectivity index is 1.85. The Morgan fingerprint density at radius 3 is 2.54 bits per heavy atom. The van der Waals surface area contributed by atoms with E-state index in [-0.39, 0.29) is 16.7 Å². The Labute approximate surface area is 156 Å². The Hall–Kier alpha value is -2.51. The average molecular weight is 386 g/mol. The van der Waals surface area contributed by atoms with E-state index in [1.807, 2.05) is 19.1 Å². The van der Waals surface area contributed by atoms with E-state index in [0.29, 0.717) is 11.1 Å². The highest BCUT2D eigenvalue weighted by Crippen LogP contribution is 2.30. The lowest BCUT2D eigenvalue weighted by Gasteiger charge is -2.18. The van der Waals surface area contributed by atoms with Gasteiger partial charge in [-0.1, -0.05) is 29.8 Å². The first-order valence-electron chi connectivity index (χ1n) is 8.00. The van der Waals surface area contributed by atoms with Gasteiger partial charge in [0.05, 0.1) is 0 Å². The van der Waals surface area contributed by atoms with E-state index < -0.39 is 15.1 Å². The van der Waals surface area contributed by atoms with Gasteiger partial charge in [-0.25, -0.2) is 8.42 Å². The monoisotopic (exact) mass is 386 g/mol. The molecule has 2 heterocycles. The van der Waals surface area contributed by atoms with Crippen LogP contribution < -0.4 is 5.32 Å². The molecule has 0 spiro atoms. The van der Waals surface area contributed by atoms with Crippen molar-refractivity contribution < 1.29 is 13.2 Å². The number of hydrogen-bond acceptors (Lipinski definition) is 5. The number of carbonyl (C=O) groups excluding carboxylic acids is 1. The van der Waals surface area contributed by atoms with Crippen molar-refractivity contribution in [1.82, 2.24) is 10.3 Å². The molecular formula is C19H18N2O3S2. The third-order valence-corrected chi connectivity index (χ3v) is 7.50. The molecule has 1 aromatic carbocycles. The minimum atomic E-state index is -3.63. The van der Waals surface area contributed by atoms with Gasteiger partial charge in [-0.15, -0.1) is 11.3 Å². The summed E-state index contributed by atoms with van der Waals surface area (Å²) in [6.45, 7) is 1.91. The highest BCUT2D eigenvalue weighted by Gasteiger charge is 2.30. The zero-order valence-corrected chi connectivity index (χ0v) is 15.8. The van der Waals surface area contributed by atoms with Crippen molar-refractivity contribution in [3.05, 3.63) is 83.0 Å². The van der Waals surface area contributed by atoms with Gasteiger partial charge in [0.15, 0.2) is 9.84 Å². The number of thiophene rings is 1. The molecule has 0 aliphatic rings. The molecule has 0 aliphatic carbocycles. The zero-order chi connectivity index (χ0) is 18.6. The molecule has 5 nitrogen and oxygen atoms in total. The maximum Gasteiger partial charge on any atom is 0.251 e. The van der Waals surface area contributed by atoms with E-state index in [4.69, 9.17) is 0 Å². The second kappa shape index (κ2) is 7.80. The first kappa shape index (κ1) is 18.3. The standard InChI is InChI=1S/C19H18N2O3S2/c1-14-6-8-15(9-7-14)19(22)21-13-17(16-4-2-10-20-12-16)26(23,24)18-5-3-11-25-18/h2-12,17H,13H2,1H3,(H,21,22)/t17-/m1/s1. The lowest BCUT2D eigenvalue weighted by Crippen LogP contribution is -2.31. The summed E-state index contributed by atoms with van der Waals surface area (Å²) in [6.07, 6.45) is 3.11. The largest absolute Gasteiger partial charge is 0.350 e. The van der Waals surface area contributed by atoms with Gasteiger partial charge in [0.25, 0.3) is 5.91 Å². The second-order valence-electron chi connectivity index (χ2n) is 5.83. The number of amides is 1. The van der Waals surface area contributed by atoms with Gasteiger partial charge in [0, 0.05) is 24.5 Å². The van der Waals surface area contributed by atoms with Crippen LogP contribution in [0.1, 0.15) is 26.7 Å². The predicted octanol–water partition coefficient (Wildman–Crippen LogP) is 3.40. The summed E-state index contributed by atoms with van der Waals surface area (Å²) in [7, 11) is -3.63. The maximum atomic E-state index is 13.0. The zero-order valence-electron chi connectivity index (χ0n) is 14.1. The van der Waals surface area contributed by atoms with Crippen molar-refractivity contribution in [2.24, 2.45) is 0 Å². The van der Waals surface area contributed by atoms with Crippen molar-refractivity contribution in [3.8, 4) is 0 Å². The number of nitrogens with zero attached hydrogens (tertiary/aromatic N) is 1. The van der Waals surface area contributed by atoms with E-state index >= 15 is 0 Å². The average Bonchev–Trinajstić information content (AvgIpc) is 3.18. The van der Waals surface area contributed by atoms with Gasteiger partial charge in [-0.05, 0) is 42.1 Å². The van der Waals surface area contributed by atoms with Crippen LogP contribution in [0.25, 0.3) is 0 Å². The minimum Gasteiger partial charge on any atom is -0.350 e. The van der Waals surface area contributed by atoms with Gasteiger partial charge >= 0.3 is 0 Å². The van der Waals surface area contributed by atoms with Gasteiger partial charge in [-0.3, -0.25) is 9.78 Å². The van der Waals surface area contributed by atoms with Gasteiger partial charge < -0.3 is 5.32 Å². The molecule has 0 saturated carbocycles. The molecule has 26 heavy (non-hydrogen) atoms. The van der Waals surface area contributed by atoms with Crippen LogP contribution in [0, 0.1) is 6.92 Å². The predicted molar refractivity (Wildman–Crippen MR) is 102 cm³/mol. The molecular weight excluding hydrogens is 368 g/mol. The minimum absolute atomic E-state index is 0.0291. The summed E-state index contributed by atoms with van der Waals surface area (Å²) in [5, 5.41) is 3.57. The summed E-state index contributed by atoms with van der Waals surface area (Å²) in [5.74, 6) is -0.305. The molecule has 134 valence electrons. The first-order chi connectivity index (χ1) is 12.5. The third kappa shape index (κ3) is 4.00. The Morgan fingerprint density at radius 2 is 1.92 bits per heavy atom. The number of aromatic nitrogens is 1. The van der Waals surface area contributed by atoms with Crippen LogP contribution in [0.4, 0.5) is 0 Å². The number of hydrogen-bond donors (Lipinski definition) is 1. The molecule has 1 N–H and O–H groups in total. The Bertz CT molecular complexity index is 967. The maximum absolute atomic E-state index is 13.0. The van der Waals surface area contributed by atoms with Crippen LogP contribution in [-0.4, -0.2) is 25.9 Å². The number of rotatable bonds is 6. The van der Waals surface area contributed by atoms with Crippen LogP contribution in [0.3, 0.4) is 0 Å². The molecule has 2 aromatic heterocycles. The summed E-state index contributed by atoms with van der Waals surface area (Å²) in [5.41, 5.74) is 2.09. The lowest BCUT2D eigenvalue weighted by molar-refractivity contribution is 0.0953. The fourth-order valence-corrected chi connectivity index (χ4v) is 5.38. The number of aryl methyl sites for hydroxylation is 1. The SMILES string of the molecule is Cc1ccc(C(=O)NC[C@H](c2cccnc2)S(=O)(=O)c2cccs2)cc1. The van der Waals surface area contributed by atoms with E-state index in [1.54, 1.807) is 48.0 Å². The molecule has 0 radical (unpaired) electrons. The number of nitrogens with one attached hydrogen (secondary N) is 1. The highest BCUT2D eigenvalue weighted by atomic mass is 32.2. The van der Waals surface area contributed by atoms with Crippen molar-refractivity contribution in [2.45, 2.75) is 16.4 Å². The summed E-state index contributed by atoms with van der Waals surface area (Å²) < 4.78 is 26.3. The van der Waals surface area contributed by atoms with Gasteiger partial charge in [-0.2, -0.15) is 0 Å². The van der Waals surface area contributed by atoms with Crippen LogP contribution >= 0.6 is 11.3 Å². The topological polar surface area (TPSA) is 76.1 Å². The van der Waals surface area contributed by atoms with E-state index in [0.717, 1.165) is 16.9 Å². The molecule has 0 fully saturated rings. The van der Waals surface area contributed by atoms with E-state index in [2.05, 4.69) is 10.3 Å². The van der Waals surface area contributed by atoms with Gasteiger partial charge in [0.2, 0.25) is 0 Å². The molecule has 1 atom stereocenters. The Morgan fingerprint density at radius 1 is 1.15 bits per heavy atom. The molecule has 3 rings (SSSR count). The summed E-state index contributed by atoms with van der Waals surface area (Å²) >= 11 is 1.16. The van der Waals surface area contributed by atoms with Crippen molar-refractivity contribution in [3.63, 3.8) is 0 Å². The van der Waals surface area contributed by atoms with Crippen LogP contribution in [0.15, 0.2) is 70.5 Å². The molecule has 0 saturated heterocycles. The van der Waals surface area contributed by atoms with E-state index in [1.165, 1.54) is 6.20 Å². The second-order valence-corrected chi connectivity index (χ2v) is 9.13. The molecule has 0 aliphatic heterocycles. The van der Waals surface area contributed by atoms with Crippen LogP contribution in [0.2, 0.25) is 0 Å². The molecule has 1 amide bonds. The lowest BCUT2D eigenvalue weighted by atomic mass is 10.1. The molecule has 0 unspecified atom stereocenters. The fourth-order valence-electron chi connectivity index (χ4n) is 2.53. The Kier molecular flexibility index (Phi) is 5.49. The van der Waals surface area contributed by atoms with Crippen molar-refractivity contribution in [1.29, 1.82) is 0 Å². The fraction of sp³-hybridized carbons (Fsp3) is 0.158. The normalized spacial score (nSPS) is 12.5. The third-order valence-electron chi connectivity index (χ3n) is 3.97. The first-order valence-corrected chi connectivity index (χ1v) is 10.4. The highest BCUT2D eigenvalue weighted by molar-refractivity contribution is 7.93. The molecule has 0 bridgehead atoms. The number of carbonyl (C=O) groups is 1. The number of sulfone groups is 1. The molecule has 3 aromatic rings. The smallest absolute Gasteiger partial charge is 0.251 e. The summed E-state index contributed by atoms with van der Waals surface area (Å²) in [6, 6.07) is 13.8. The number of pyridine rings is 1. The quantitative estimate of drug-likeness (QED) is 0.704. The van der Waals surface area contributed by atoms with Crippen LogP contribution in [0.5, 0.6) is 0 Å². The van der Waals surface area contributed by atoms with Crippen LogP contribution in [-0.2, 0) is 9.84 Å². The van der Waals surface area contributed by atoms with E-state index in [9.17, 15) is 13.2 Å². The summed E-state index contributed by atoms with van der Waals surface area (Å²) in [4.78, 5) is 16.4. The van der Waals surface area contributed by atoms with Crippen molar-refractivity contribution >= 4 is 27.1 Å². The van der Waals surface area contributed by atoms with Crippen molar-refractivity contribution in [2.75, 3.05) is 6.54 Å².